The second-order valence-corrected chi connectivity index (χ2v) is 2.53. The second kappa shape index (κ2) is 8.51. The van der Waals surface area contributed by atoms with Gasteiger partial charge in [-0.3, -0.25) is 6.08 Å². The topological polar surface area (TPSA) is 21.8 Å². The van der Waals surface area contributed by atoms with E-state index in [0.717, 1.165) is 19.6 Å². The Kier molecular flexibility index (Phi) is 8.46. The van der Waals surface area contributed by atoms with Gasteiger partial charge in [-0.05, 0) is 0 Å². The first-order valence-electron chi connectivity index (χ1n) is 4.16. The molecule has 0 N–H and O–H groups in total. The fourth-order valence-corrected chi connectivity index (χ4v) is 0.708. The minimum atomic E-state index is 0. The van der Waals surface area contributed by atoms with Crippen LogP contribution in [0.4, 0.5) is 0 Å². The molecule has 73 valence electrons. The average molecular weight is 221 g/mol. The van der Waals surface area contributed by atoms with Gasteiger partial charge in [0.25, 0.3) is 0 Å². The molecule has 0 bridgehead atoms. The van der Waals surface area contributed by atoms with Crippen molar-refractivity contribution in [1.82, 2.24) is 0 Å². The summed E-state index contributed by atoms with van der Waals surface area (Å²) in [5.74, 6) is 0. The summed E-state index contributed by atoms with van der Waals surface area (Å²) in [7, 11) is 0. The van der Waals surface area contributed by atoms with Crippen LogP contribution in [0.15, 0.2) is 18.2 Å². The Morgan fingerprint density at radius 2 is 2.46 bits per heavy atom. The van der Waals surface area contributed by atoms with Crippen molar-refractivity contribution >= 4 is 0 Å². The number of rotatable bonds is 3. The van der Waals surface area contributed by atoms with Crippen LogP contribution in [0, 0.1) is 12.7 Å². The van der Waals surface area contributed by atoms with E-state index in [0.29, 0.717) is 6.10 Å². The van der Waals surface area contributed by atoms with Gasteiger partial charge in [0, 0.05) is 6.61 Å². The van der Waals surface area contributed by atoms with Crippen molar-refractivity contribution in [3.8, 4) is 0 Å². The van der Waals surface area contributed by atoms with Crippen molar-refractivity contribution < 1.29 is 26.5 Å². The molecule has 0 aromatic rings. The van der Waals surface area contributed by atoms with Crippen molar-refractivity contribution in [2.24, 2.45) is 0 Å². The third-order valence-corrected chi connectivity index (χ3v) is 1.44. The largest absolute Gasteiger partial charge is 2.00 e. The van der Waals surface area contributed by atoms with Gasteiger partial charge in [0.1, 0.15) is 6.10 Å². The van der Waals surface area contributed by atoms with Crippen molar-refractivity contribution in [2.45, 2.75) is 19.4 Å². The molecular formula is C10H14MnO2. The van der Waals surface area contributed by atoms with E-state index < -0.39 is 0 Å². The van der Waals surface area contributed by atoms with Gasteiger partial charge in [-0.1, -0.05) is 0 Å². The van der Waals surface area contributed by atoms with Gasteiger partial charge >= 0.3 is 17.1 Å². The van der Waals surface area contributed by atoms with E-state index >= 15 is 0 Å². The molecule has 13 heavy (non-hydrogen) atoms. The molecule has 1 aliphatic heterocycles. The Hall–Kier alpha value is -0.0805. The molecule has 0 aromatic carbocycles. The van der Waals surface area contributed by atoms with Gasteiger partial charge in [-0.15, -0.1) is 6.42 Å². The van der Waals surface area contributed by atoms with Crippen molar-refractivity contribution in [3.63, 3.8) is 0 Å². The van der Waals surface area contributed by atoms with Crippen LogP contribution < -0.4 is 0 Å². The third-order valence-electron chi connectivity index (χ3n) is 1.44. The molecule has 1 unspecified atom stereocenters. The van der Waals surface area contributed by atoms with Crippen LogP contribution in [-0.2, 0) is 26.5 Å². The van der Waals surface area contributed by atoms with Gasteiger partial charge in [-0.2, -0.15) is 13.0 Å². The Bertz CT molecular complexity index is 152. The summed E-state index contributed by atoms with van der Waals surface area (Å²) >= 11 is 0. The Morgan fingerprint density at radius 1 is 1.69 bits per heavy atom. The van der Waals surface area contributed by atoms with Crippen LogP contribution in [0.2, 0.25) is 0 Å². The predicted octanol–water partition coefficient (Wildman–Crippen LogP) is 1.89. The van der Waals surface area contributed by atoms with E-state index in [2.05, 4.69) is 12.2 Å². The first-order valence-corrected chi connectivity index (χ1v) is 4.16. The summed E-state index contributed by atoms with van der Waals surface area (Å²) in [5, 5.41) is 0. The van der Waals surface area contributed by atoms with E-state index in [4.69, 9.17) is 9.47 Å². The van der Waals surface area contributed by atoms with Crippen molar-refractivity contribution in [3.05, 3.63) is 30.9 Å². The predicted molar refractivity (Wildman–Crippen MR) is 47.2 cm³/mol. The minimum Gasteiger partial charge on any atom is -0.550 e. The van der Waals surface area contributed by atoms with Crippen LogP contribution >= 0.6 is 0 Å². The van der Waals surface area contributed by atoms with Crippen LogP contribution in [0.25, 0.3) is 0 Å². The molecule has 0 saturated carbocycles. The first-order chi connectivity index (χ1) is 5.93. The molecule has 0 spiro atoms. The summed E-state index contributed by atoms with van der Waals surface area (Å²) in [6, 6.07) is 0. The standard InChI is InChI=1S/C5H9O2.C5H5.Mn/c1-2-6-3-5-4-7-5;1-2-4-5-3-1;/h2,5H,3-4H2,1H3;1-3H,4H2;/q2*-1;+2. The molecule has 0 amide bonds. The normalized spacial score (nSPS) is 21.8. The molecule has 2 aliphatic rings. The molecule has 1 radical (unpaired) electrons. The monoisotopic (exact) mass is 221 g/mol. The number of ether oxygens (including phenoxy) is 2. The average Bonchev–Trinajstić information content (AvgIpc) is 2.71. The molecule has 2 nitrogen and oxygen atoms in total. The van der Waals surface area contributed by atoms with E-state index in [-0.39, 0.29) is 17.1 Å². The molecule has 1 saturated heterocycles. The first kappa shape index (κ1) is 12.9. The maximum atomic E-state index is 4.91. The number of epoxide rings is 1. The Morgan fingerprint density at radius 3 is 2.77 bits per heavy atom. The molecule has 1 heterocycles. The SMILES string of the molecule is C[CH-]OCC1CO1.[C-]1=CC=CC1.[Mn+2]. The van der Waals surface area contributed by atoms with E-state index in [9.17, 15) is 0 Å². The third kappa shape index (κ3) is 8.26. The Labute approximate surface area is 90.5 Å². The molecule has 3 heteroatoms. The summed E-state index contributed by atoms with van der Waals surface area (Å²) in [6.45, 7) is 5.16. The van der Waals surface area contributed by atoms with E-state index in [1.807, 2.05) is 19.1 Å². The molecule has 0 aromatic heterocycles. The minimum absolute atomic E-state index is 0. The number of hydrogen-bond acceptors (Lipinski definition) is 2. The summed E-state index contributed by atoms with van der Waals surface area (Å²) in [5.41, 5.74) is 0. The number of allylic oxidation sites excluding steroid dienone is 4. The molecule has 1 aliphatic carbocycles. The van der Waals surface area contributed by atoms with Gasteiger partial charge in [0.2, 0.25) is 0 Å². The van der Waals surface area contributed by atoms with Gasteiger partial charge in [-0.25, -0.2) is 18.8 Å². The van der Waals surface area contributed by atoms with Gasteiger partial charge in [0.15, 0.2) is 0 Å². The van der Waals surface area contributed by atoms with Crippen molar-refractivity contribution in [1.29, 1.82) is 0 Å². The maximum absolute atomic E-state index is 4.91. The maximum Gasteiger partial charge on any atom is 2.00 e. The van der Waals surface area contributed by atoms with Crippen LogP contribution in [0.5, 0.6) is 0 Å². The quantitative estimate of drug-likeness (QED) is 0.412. The molecular weight excluding hydrogens is 207 g/mol. The fourth-order valence-electron chi connectivity index (χ4n) is 0.708. The zero-order chi connectivity index (χ0) is 8.65. The summed E-state index contributed by atoms with van der Waals surface area (Å²) < 4.78 is 9.77. The second-order valence-electron chi connectivity index (χ2n) is 2.53. The van der Waals surface area contributed by atoms with Gasteiger partial charge < -0.3 is 9.47 Å². The number of hydrogen-bond donors (Lipinski definition) is 0. The zero-order valence-corrected chi connectivity index (χ0v) is 8.88. The summed E-state index contributed by atoms with van der Waals surface area (Å²) in [4.78, 5) is 0. The summed E-state index contributed by atoms with van der Waals surface area (Å²) in [6.07, 6.45) is 10.4. The Balaban J connectivity index is 0.000000215. The van der Waals surface area contributed by atoms with Crippen molar-refractivity contribution in [2.75, 3.05) is 13.2 Å². The van der Waals surface area contributed by atoms with Crippen LogP contribution in [-0.4, -0.2) is 19.3 Å². The van der Waals surface area contributed by atoms with Crippen LogP contribution in [0.3, 0.4) is 0 Å². The molecule has 1 atom stereocenters. The fraction of sp³-hybridized carbons (Fsp3) is 0.500. The van der Waals surface area contributed by atoms with Crippen LogP contribution in [0.1, 0.15) is 13.3 Å². The van der Waals surface area contributed by atoms with Gasteiger partial charge in [0.05, 0.1) is 6.61 Å². The van der Waals surface area contributed by atoms with E-state index in [1.165, 1.54) is 0 Å². The molecule has 2 rings (SSSR count). The molecule has 1 fully saturated rings. The zero-order valence-electron chi connectivity index (χ0n) is 7.70. The smallest absolute Gasteiger partial charge is 0.550 e. The van der Waals surface area contributed by atoms with E-state index in [1.54, 1.807) is 6.61 Å².